The second-order valence-electron chi connectivity index (χ2n) is 7.13. The molecule has 3 aromatic carbocycles. The number of carbonyl (C=O) groups is 1. The van der Waals surface area contributed by atoms with E-state index in [1.54, 1.807) is 17.0 Å². The maximum atomic E-state index is 13.3. The van der Waals surface area contributed by atoms with Crippen LogP contribution in [0.5, 0.6) is 0 Å². The molecule has 0 aliphatic carbocycles. The fourth-order valence-electron chi connectivity index (χ4n) is 3.19. The second kappa shape index (κ2) is 9.45. The van der Waals surface area contributed by atoms with E-state index in [0.29, 0.717) is 23.0 Å². The maximum absolute atomic E-state index is 13.3. The molecule has 2 N–H and O–H groups in total. The van der Waals surface area contributed by atoms with Crippen molar-refractivity contribution in [2.75, 3.05) is 11.4 Å². The van der Waals surface area contributed by atoms with Crippen LogP contribution in [-0.4, -0.2) is 12.5 Å². The van der Waals surface area contributed by atoms with Crippen LogP contribution in [0.4, 0.5) is 5.69 Å². The predicted molar refractivity (Wildman–Crippen MR) is 122 cm³/mol. The molecule has 3 aromatic rings. The molecule has 0 saturated carbocycles. The molecule has 0 fully saturated rings. The zero-order valence-electron chi connectivity index (χ0n) is 16.5. The van der Waals surface area contributed by atoms with Crippen molar-refractivity contribution in [3.63, 3.8) is 0 Å². The molecule has 29 heavy (non-hydrogen) atoms. The van der Waals surface area contributed by atoms with Crippen molar-refractivity contribution in [2.45, 2.75) is 26.3 Å². The maximum Gasteiger partial charge on any atom is 0.248 e. The average Bonchev–Trinajstić information content (AvgIpc) is 2.72. The number of rotatable bonds is 6. The highest BCUT2D eigenvalue weighted by Gasteiger charge is 2.24. The largest absolute Gasteiger partial charge is 0.316 e. The number of halogens is 2. The predicted octanol–water partition coefficient (Wildman–Crippen LogP) is 5.89. The number of aryl methyl sites for hydroxylation is 2. The van der Waals surface area contributed by atoms with Crippen molar-refractivity contribution in [3.05, 3.63) is 99.0 Å². The smallest absolute Gasteiger partial charge is 0.248 e. The molecule has 1 unspecified atom stereocenters. The Morgan fingerprint density at radius 3 is 2.34 bits per heavy atom. The SMILES string of the molecule is Cc1ccc(N(CCc2ccc(Cl)cc2Cl)C(=O)C(N)c2ccccc2)cc1C. The van der Waals surface area contributed by atoms with Gasteiger partial charge in [-0.15, -0.1) is 0 Å². The van der Waals surface area contributed by atoms with Crippen molar-refractivity contribution in [1.82, 2.24) is 0 Å². The molecule has 1 amide bonds. The lowest BCUT2D eigenvalue weighted by Crippen LogP contribution is -2.40. The lowest BCUT2D eigenvalue weighted by molar-refractivity contribution is -0.120. The fraction of sp³-hybridized carbons (Fsp3) is 0.208. The van der Waals surface area contributed by atoms with Crippen molar-refractivity contribution >= 4 is 34.8 Å². The van der Waals surface area contributed by atoms with Gasteiger partial charge in [0.25, 0.3) is 0 Å². The van der Waals surface area contributed by atoms with E-state index in [0.717, 1.165) is 22.4 Å². The Morgan fingerprint density at radius 2 is 1.69 bits per heavy atom. The average molecular weight is 427 g/mol. The molecule has 0 aliphatic rings. The van der Waals surface area contributed by atoms with Gasteiger partial charge in [0.15, 0.2) is 0 Å². The number of benzene rings is 3. The van der Waals surface area contributed by atoms with E-state index in [-0.39, 0.29) is 5.91 Å². The Kier molecular flexibility index (Phi) is 6.96. The summed E-state index contributed by atoms with van der Waals surface area (Å²) in [6.45, 7) is 4.55. The normalized spacial score (nSPS) is 11.9. The number of carbonyl (C=O) groups excluding carboxylic acids is 1. The first-order chi connectivity index (χ1) is 13.9. The highest BCUT2D eigenvalue weighted by atomic mass is 35.5. The summed E-state index contributed by atoms with van der Waals surface area (Å²) in [5.74, 6) is -0.149. The first-order valence-corrected chi connectivity index (χ1v) is 10.3. The van der Waals surface area contributed by atoms with Gasteiger partial charge in [0.2, 0.25) is 5.91 Å². The van der Waals surface area contributed by atoms with Gasteiger partial charge in [-0.2, -0.15) is 0 Å². The van der Waals surface area contributed by atoms with Gasteiger partial charge in [0, 0.05) is 22.3 Å². The van der Waals surface area contributed by atoms with E-state index in [4.69, 9.17) is 28.9 Å². The molecule has 150 valence electrons. The monoisotopic (exact) mass is 426 g/mol. The summed E-state index contributed by atoms with van der Waals surface area (Å²) in [6, 6.07) is 20.1. The summed E-state index contributed by atoms with van der Waals surface area (Å²) in [4.78, 5) is 15.1. The van der Waals surface area contributed by atoms with Crippen molar-refractivity contribution < 1.29 is 4.79 Å². The van der Waals surface area contributed by atoms with Crippen molar-refractivity contribution in [2.24, 2.45) is 5.73 Å². The summed E-state index contributed by atoms with van der Waals surface area (Å²) in [5, 5.41) is 1.18. The van der Waals surface area contributed by atoms with E-state index in [1.165, 1.54) is 5.56 Å². The number of hydrogen-bond donors (Lipinski definition) is 1. The van der Waals surface area contributed by atoms with E-state index in [1.807, 2.05) is 61.5 Å². The summed E-state index contributed by atoms with van der Waals surface area (Å²) in [7, 11) is 0. The Bertz CT molecular complexity index is 1010. The van der Waals surface area contributed by atoms with Crippen molar-refractivity contribution in [1.29, 1.82) is 0 Å². The Labute approximate surface area is 182 Å². The van der Waals surface area contributed by atoms with Crippen LogP contribution in [0, 0.1) is 13.8 Å². The van der Waals surface area contributed by atoms with Gasteiger partial charge in [-0.25, -0.2) is 0 Å². The zero-order chi connectivity index (χ0) is 21.0. The second-order valence-corrected chi connectivity index (χ2v) is 7.98. The van der Waals surface area contributed by atoms with Crippen LogP contribution in [-0.2, 0) is 11.2 Å². The number of anilines is 1. The molecule has 0 heterocycles. The molecular weight excluding hydrogens is 403 g/mol. The third kappa shape index (κ3) is 5.18. The topological polar surface area (TPSA) is 46.3 Å². The van der Waals surface area contributed by atoms with E-state index in [9.17, 15) is 4.79 Å². The molecule has 5 heteroatoms. The molecule has 0 aliphatic heterocycles. The Morgan fingerprint density at radius 1 is 0.966 bits per heavy atom. The molecule has 1 atom stereocenters. The van der Waals surface area contributed by atoms with Crippen LogP contribution >= 0.6 is 23.2 Å². The van der Waals surface area contributed by atoms with Gasteiger partial charge in [0.1, 0.15) is 6.04 Å². The molecule has 3 nitrogen and oxygen atoms in total. The molecule has 3 rings (SSSR count). The molecule has 0 saturated heterocycles. The Hall–Kier alpha value is -2.33. The first-order valence-electron chi connectivity index (χ1n) is 9.50. The summed E-state index contributed by atoms with van der Waals surface area (Å²) >= 11 is 12.3. The van der Waals surface area contributed by atoms with Gasteiger partial charge in [-0.05, 0) is 66.8 Å². The highest BCUT2D eigenvalue weighted by Crippen LogP contribution is 2.25. The molecular formula is C24H24Cl2N2O. The van der Waals surface area contributed by atoms with Crippen LogP contribution in [0.15, 0.2) is 66.7 Å². The van der Waals surface area contributed by atoms with Crippen LogP contribution in [0.1, 0.15) is 28.3 Å². The molecule has 0 spiro atoms. The third-order valence-electron chi connectivity index (χ3n) is 5.11. The summed E-state index contributed by atoms with van der Waals surface area (Å²) in [6.07, 6.45) is 0.593. The summed E-state index contributed by atoms with van der Waals surface area (Å²) in [5.41, 5.74) is 11.2. The van der Waals surface area contributed by atoms with Crippen LogP contribution in [0.2, 0.25) is 10.0 Å². The van der Waals surface area contributed by atoms with Gasteiger partial charge in [-0.1, -0.05) is 65.7 Å². The number of nitrogens with two attached hydrogens (primary N) is 1. The standard InChI is InChI=1S/C24H24Cl2N2O/c1-16-8-11-21(14-17(16)2)28(13-12-18-9-10-20(25)15-22(18)26)24(29)23(27)19-6-4-3-5-7-19/h3-11,14-15,23H,12-13,27H2,1-2H3. The quantitative estimate of drug-likeness (QED) is 0.534. The number of amides is 1. The molecule has 0 bridgehead atoms. The zero-order valence-corrected chi connectivity index (χ0v) is 18.0. The van der Waals surface area contributed by atoms with Crippen LogP contribution < -0.4 is 10.6 Å². The fourth-order valence-corrected chi connectivity index (χ4v) is 3.69. The van der Waals surface area contributed by atoms with E-state index < -0.39 is 6.04 Å². The Balaban J connectivity index is 1.90. The van der Waals surface area contributed by atoms with E-state index in [2.05, 4.69) is 6.92 Å². The minimum atomic E-state index is -0.738. The number of nitrogens with zero attached hydrogens (tertiary/aromatic N) is 1. The minimum absolute atomic E-state index is 0.149. The molecule has 0 aromatic heterocycles. The van der Waals surface area contributed by atoms with Gasteiger partial charge in [0.05, 0.1) is 0 Å². The lowest BCUT2D eigenvalue weighted by atomic mass is 10.0. The summed E-state index contributed by atoms with van der Waals surface area (Å²) < 4.78 is 0. The third-order valence-corrected chi connectivity index (χ3v) is 5.70. The van der Waals surface area contributed by atoms with Crippen LogP contribution in [0.3, 0.4) is 0 Å². The van der Waals surface area contributed by atoms with Crippen LogP contribution in [0.25, 0.3) is 0 Å². The minimum Gasteiger partial charge on any atom is -0.316 e. The lowest BCUT2D eigenvalue weighted by Gasteiger charge is -2.27. The first kappa shape index (κ1) is 21.4. The highest BCUT2D eigenvalue weighted by molar-refractivity contribution is 6.35. The van der Waals surface area contributed by atoms with Gasteiger partial charge in [-0.3, -0.25) is 4.79 Å². The van der Waals surface area contributed by atoms with Crippen molar-refractivity contribution in [3.8, 4) is 0 Å². The molecule has 0 radical (unpaired) electrons. The van der Waals surface area contributed by atoms with Gasteiger partial charge < -0.3 is 10.6 Å². The van der Waals surface area contributed by atoms with E-state index >= 15 is 0 Å². The van der Waals surface area contributed by atoms with Gasteiger partial charge >= 0.3 is 0 Å². The number of hydrogen-bond acceptors (Lipinski definition) is 2.